The monoisotopic (exact) mass is 683 g/mol. The van der Waals surface area contributed by atoms with Crippen LogP contribution in [-0.2, 0) is 11.2 Å². The number of hydrogen-bond acceptors (Lipinski definition) is 5. The van der Waals surface area contributed by atoms with Gasteiger partial charge >= 0.3 is 12.0 Å². The molecule has 5 rings (SSSR count). The number of ether oxygens (including phenoxy) is 1. The average Bonchev–Trinajstić information content (AvgIpc) is 3.17. The predicted molar refractivity (Wildman–Crippen MR) is 205 cm³/mol. The second kappa shape index (κ2) is 18.2. The van der Waals surface area contributed by atoms with Gasteiger partial charge in [0.15, 0.2) is 5.78 Å². The van der Waals surface area contributed by atoms with E-state index in [4.69, 9.17) is 4.74 Å². The van der Waals surface area contributed by atoms with Crippen LogP contribution in [0.25, 0.3) is 11.1 Å². The van der Waals surface area contributed by atoms with E-state index in [1.165, 1.54) is 25.7 Å². The van der Waals surface area contributed by atoms with Gasteiger partial charge in [0, 0.05) is 41.7 Å². The molecule has 3 N–H and O–H groups in total. The summed E-state index contributed by atoms with van der Waals surface area (Å²) in [5.74, 6) is -0.418. The zero-order valence-corrected chi connectivity index (χ0v) is 29.2. The van der Waals surface area contributed by atoms with Gasteiger partial charge in [-0.3, -0.25) is 9.69 Å². The summed E-state index contributed by atoms with van der Waals surface area (Å²) < 4.78 is 5.84. The lowest BCUT2D eigenvalue weighted by atomic mass is 9.98. The lowest BCUT2D eigenvalue weighted by Crippen LogP contribution is -2.32. The molecule has 262 valence electrons. The third kappa shape index (κ3) is 10.3. The molecule has 0 saturated carbocycles. The van der Waals surface area contributed by atoms with Gasteiger partial charge in [-0.2, -0.15) is 0 Å². The fourth-order valence-electron chi connectivity index (χ4n) is 5.76. The number of rotatable bonds is 17. The van der Waals surface area contributed by atoms with Gasteiger partial charge in [-0.15, -0.1) is 0 Å². The minimum atomic E-state index is -1.02. The lowest BCUT2D eigenvalue weighted by molar-refractivity contribution is -0.137. The Labute approximate surface area is 300 Å². The number of para-hydroxylation sites is 1. The molecule has 0 spiro atoms. The number of anilines is 3. The van der Waals surface area contributed by atoms with Crippen LogP contribution in [0, 0.1) is 0 Å². The van der Waals surface area contributed by atoms with Crippen LogP contribution in [0.1, 0.15) is 60.5 Å². The largest absolute Gasteiger partial charge is 0.494 e. The summed E-state index contributed by atoms with van der Waals surface area (Å²) in [6, 6.07) is 37.4. The SMILES string of the molecule is CCCCCCCOc1ccc(NC(=O)N(C)c2cccc(-c3ccc(C[C@H](Nc4ccccc4C(=O)c4ccccc4)C(=O)O)cc3)c2)cc1. The van der Waals surface area contributed by atoms with Crippen molar-refractivity contribution in [1.82, 2.24) is 0 Å². The van der Waals surface area contributed by atoms with Crippen LogP contribution in [0.3, 0.4) is 0 Å². The molecule has 8 nitrogen and oxygen atoms in total. The molecule has 5 aromatic rings. The van der Waals surface area contributed by atoms with Crippen molar-refractivity contribution < 1.29 is 24.2 Å². The van der Waals surface area contributed by atoms with Crippen molar-refractivity contribution >= 4 is 34.8 Å². The summed E-state index contributed by atoms with van der Waals surface area (Å²) in [5, 5.41) is 16.1. The van der Waals surface area contributed by atoms with Gasteiger partial charge in [0.05, 0.1) is 6.61 Å². The molecule has 8 heteroatoms. The van der Waals surface area contributed by atoms with E-state index in [1.807, 2.05) is 78.9 Å². The Bertz CT molecular complexity index is 1890. The Balaban J connectivity index is 1.19. The van der Waals surface area contributed by atoms with E-state index in [2.05, 4.69) is 17.6 Å². The smallest absolute Gasteiger partial charge is 0.326 e. The number of carbonyl (C=O) groups excluding carboxylic acids is 2. The van der Waals surface area contributed by atoms with E-state index in [9.17, 15) is 19.5 Å². The van der Waals surface area contributed by atoms with Crippen molar-refractivity contribution in [2.45, 2.75) is 51.5 Å². The maximum absolute atomic E-state index is 13.2. The number of nitrogens with zero attached hydrogens (tertiary/aromatic N) is 1. The number of urea groups is 1. The Morgan fingerprint density at radius 3 is 2.18 bits per heavy atom. The first-order valence-corrected chi connectivity index (χ1v) is 17.5. The molecule has 0 fully saturated rings. The van der Waals surface area contributed by atoms with Gasteiger partial charge in [-0.25, -0.2) is 9.59 Å². The third-order valence-electron chi connectivity index (χ3n) is 8.72. The molecular formula is C43H45N3O5. The molecule has 2 amide bonds. The highest BCUT2D eigenvalue weighted by atomic mass is 16.5. The number of amides is 2. The van der Waals surface area contributed by atoms with Gasteiger partial charge in [-0.05, 0) is 71.6 Å². The second-order valence-corrected chi connectivity index (χ2v) is 12.5. The van der Waals surface area contributed by atoms with Crippen LogP contribution in [0.15, 0.2) is 127 Å². The minimum Gasteiger partial charge on any atom is -0.494 e. The fraction of sp³-hybridized carbons (Fsp3) is 0.233. The normalized spacial score (nSPS) is 11.3. The molecule has 0 heterocycles. The molecule has 0 aliphatic carbocycles. The highest BCUT2D eigenvalue weighted by Crippen LogP contribution is 2.27. The van der Waals surface area contributed by atoms with Gasteiger partial charge in [0.2, 0.25) is 0 Å². The van der Waals surface area contributed by atoms with Crippen molar-refractivity contribution in [3.05, 3.63) is 144 Å². The van der Waals surface area contributed by atoms with Crippen molar-refractivity contribution in [2.24, 2.45) is 0 Å². The van der Waals surface area contributed by atoms with Gasteiger partial charge in [0.1, 0.15) is 11.8 Å². The summed E-state index contributed by atoms with van der Waals surface area (Å²) in [4.78, 5) is 40.2. The van der Waals surface area contributed by atoms with E-state index in [0.717, 1.165) is 34.5 Å². The number of carbonyl (C=O) groups is 3. The molecule has 0 radical (unpaired) electrons. The molecule has 0 aromatic heterocycles. The predicted octanol–water partition coefficient (Wildman–Crippen LogP) is 9.71. The molecule has 0 aliphatic rings. The number of ketones is 1. The number of unbranched alkanes of at least 4 members (excludes halogenated alkanes) is 4. The van der Waals surface area contributed by atoms with E-state index in [0.29, 0.717) is 29.1 Å². The number of nitrogens with one attached hydrogen (secondary N) is 2. The first-order valence-electron chi connectivity index (χ1n) is 17.5. The summed E-state index contributed by atoms with van der Waals surface area (Å²) >= 11 is 0. The quantitative estimate of drug-likeness (QED) is 0.0665. The Hall–Kier alpha value is -5.89. The number of hydrogen-bond donors (Lipinski definition) is 3. The molecule has 0 bridgehead atoms. The summed E-state index contributed by atoms with van der Waals surface area (Å²) in [6.07, 6.45) is 6.12. The number of carboxylic acid groups (broad SMARTS) is 1. The maximum Gasteiger partial charge on any atom is 0.326 e. The van der Waals surface area contributed by atoms with Crippen molar-refractivity contribution in [2.75, 3.05) is 29.2 Å². The van der Waals surface area contributed by atoms with Gasteiger partial charge in [0.25, 0.3) is 0 Å². The van der Waals surface area contributed by atoms with Crippen molar-refractivity contribution in [3.63, 3.8) is 0 Å². The fourth-order valence-corrected chi connectivity index (χ4v) is 5.76. The molecule has 1 atom stereocenters. The van der Waals surface area contributed by atoms with Crippen LogP contribution in [0.5, 0.6) is 5.75 Å². The van der Waals surface area contributed by atoms with Crippen molar-refractivity contribution in [1.29, 1.82) is 0 Å². The molecular weight excluding hydrogens is 638 g/mol. The van der Waals surface area contributed by atoms with Crippen LogP contribution in [0.4, 0.5) is 21.9 Å². The van der Waals surface area contributed by atoms with Gasteiger partial charge < -0.3 is 20.5 Å². The first kappa shape index (κ1) is 36.4. The summed E-state index contributed by atoms with van der Waals surface area (Å²) in [5.41, 5.74) is 5.46. The topological polar surface area (TPSA) is 108 Å². The number of carboxylic acids is 1. The minimum absolute atomic E-state index is 0.180. The average molecular weight is 684 g/mol. The number of aliphatic carboxylic acids is 1. The Morgan fingerprint density at radius 2 is 1.45 bits per heavy atom. The summed E-state index contributed by atoms with van der Waals surface area (Å²) in [7, 11) is 1.72. The van der Waals surface area contributed by atoms with Gasteiger partial charge in [-0.1, -0.05) is 111 Å². The molecule has 0 unspecified atom stereocenters. The standard InChI is InChI=1S/C43H45N3O5/c1-3-4-5-6-12-28-51-37-26-24-35(25-27-37)44-43(50)46(2)36-17-13-16-34(30-36)32-22-20-31(21-23-32)29-40(42(48)49)45-39-19-11-10-18-38(39)41(47)33-14-8-7-9-15-33/h7-11,13-27,30,40,45H,3-6,12,28-29H2,1-2H3,(H,44,50)(H,48,49)/t40-/m0/s1. The van der Waals surface area contributed by atoms with E-state index in [1.54, 1.807) is 60.5 Å². The summed E-state index contributed by atoms with van der Waals surface area (Å²) in [6.45, 7) is 2.89. The highest BCUT2D eigenvalue weighted by molar-refractivity contribution is 6.12. The zero-order chi connectivity index (χ0) is 36.0. The Morgan fingerprint density at radius 1 is 0.745 bits per heavy atom. The third-order valence-corrected chi connectivity index (χ3v) is 8.72. The second-order valence-electron chi connectivity index (χ2n) is 12.5. The van der Waals surface area contributed by atoms with E-state index >= 15 is 0 Å². The van der Waals surface area contributed by atoms with Crippen LogP contribution >= 0.6 is 0 Å². The highest BCUT2D eigenvalue weighted by Gasteiger charge is 2.21. The van der Waals surface area contributed by atoms with Crippen LogP contribution in [0.2, 0.25) is 0 Å². The van der Waals surface area contributed by atoms with Crippen LogP contribution < -0.4 is 20.3 Å². The van der Waals surface area contributed by atoms with Crippen molar-refractivity contribution in [3.8, 4) is 16.9 Å². The molecule has 0 saturated heterocycles. The molecule has 51 heavy (non-hydrogen) atoms. The maximum atomic E-state index is 13.2. The lowest BCUT2D eigenvalue weighted by Gasteiger charge is -2.19. The number of benzene rings is 5. The molecule has 0 aliphatic heterocycles. The van der Waals surface area contributed by atoms with Crippen LogP contribution in [-0.4, -0.2) is 42.6 Å². The Kier molecular flexibility index (Phi) is 13.0. The zero-order valence-electron chi connectivity index (χ0n) is 29.2. The van der Waals surface area contributed by atoms with E-state index in [-0.39, 0.29) is 18.2 Å². The first-order chi connectivity index (χ1) is 24.8. The molecule has 5 aromatic carbocycles. The van der Waals surface area contributed by atoms with E-state index < -0.39 is 12.0 Å².